The van der Waals surface area contributed by atoms with Gasteiger partial charge in [-0.25, -0.2) is 4.39 Å². The molecule has 1 heterocycles. The molecule has 8 heteroatoms. The molecule has 1 fully saturated rings. The largest absolute Gasteiger partial charge is 0.491 e. The number of rotatable bonds is 5. The number of pyridine rings is 1. The number of carbonyl (C=O) groups is 1. The average molecular weight is 361 g/mol. The van der Waals surface area contributed by atoms with Crippen LogP contribution in [0.5, 0.6) is 5.75 Å². The van der Waals surface area contributed by atoms with Crippen molar-refractivity contribution in [1.82, 2.24) is 9.47 Å². The van der Waals surface area contributed by atoms with Gasteiger partial charge in [0, 0.05) is 25.8 Å². The summed E-state index contributed by atoms with van der Waals surface area (Å²) in [6.07, 6.45) is 3.11. The maximum absolute atomic E-state index is 14.1. The number of ether oxygens (including phenoxy) is 1. The lowest BCUT2D eigenvalue weighted by molar-refractivity contribution is 0.0796. The SMILES string of the molecule is COc1c(F)c(F)cc2c(=O)c(C(=O)N(C)CCC#N)cn(C3CC3)c12. The highest BCUT2D eigenvalue weighted by atomic mass is 19.2. The van der Waals surface area contributed by atoms with Crippen LogP contribution in [-0.2, 0) is 0 Å². The van der Waals surface area contributed by atoms with Gasteiger partial charge >= 0.3 is 0 Å². The van der Waals surface area contributed by atoms with Crippen LogP contribution in [0.3, 0.4) is 0 Å². The summed E-state index contributed by atoms with van der Waals surface area (Å²) in [5, 5.41) is 8.55. The Morgan fingerprint density at radius 1 is 1.46 bits per heavy atom. The Kier molecular flexibility index (Phi) is 4.64. The van der Waals surface area contributed by atoms with Crippen molar-refractivity contribution in [3.05, 3.63) is 39.7 Å². The zero-order valence-corrected chi connectivity index (χ0v) is 14.4. The van der Waals surface area contributed by atoms with Crippen LogP contribution in [0.2, 0.25) is 0 Å². The Balaban J connectivity index is 2.26. The van der Waals surface area contributed by atoms with E-state index in [-0.39, 0.29) is 41.2 Å². The molecule has 1 amide bonds. The topological polar surface area (TPSA) is 75.3 Å². The third-order valence-electron chi connectivity index (χ3n) is 4.45. The Morgan fingerprint density at radius 3 is 2.73 bits per heavy atom. The Hall–Kier alpha value is -2.95. The van der Waals surface area contributed by atoms with Crippen LogP contribution < -0.4 is 10.2 Å². The number of halogens is 2. The molecule has 0 unspecified atom stereocenters. The first-order chi connectivity index (χ1) is 12.4. The molecule has 0 aliphatic heterocycles. The van der Waals surface area contributed by atoms with Crippen molar-refractivity contribution in [3.8, 4) is 11.8 Å². The van der Waals surface area contributed by atoms with Gasteiger partial charge in [0.1, 0.15) is 5.56 Å². The van der Waals surface area contributed by atoms with E-state index in [0.29, 0.717) is 0 Å². The Bertz CT molecular complexity index is 990. The molecule has 26 heavy (non-hydrogen) atoms. The molecule has 2 aromatic rings. The van der Waals surface area contributed by atoms with Crippen molar-refractivity contribution in [2.75, 3.05) is 20.7 Å². The number of methoxy groups -OCH3 is 1. The third-order valence-corrected chi connectivity index (χ3v) is 4.45. The fourth-order valence-electron chi connectivity index (χ4n) is 2.93. The number of nitriles is 1. The zero-order valence-electron chi connectivity index (χ0n) is 14.4. The summed E-state index contributed by atoms with van der Waals surface area (Å²) in [4.78, 5) is 26.7. The van der Waals surface area contributed by atoms with Crippen molar-refractivity contribution in [3.63, 3.8) is 0 Å². The predicted octanol–water partition coefficient (Wildman–Crippen LogP) is 2.61. The number of hydrogen-bond donors (Lipinski definition) is 0. The van der Waals surface area contributed by atoms with Crippen LogP contribution in [0.25, 0.3) is 10.9 Å². The van der Waals surface area contributed by atoms with Crippen molar-refractivity contribution in [2.24, 2.45) is 0 Å². The monoisotopic (exact) mass is 361 g/mol. The van der Waals surface area contributed by atoms with Crippen molar-refractivity contribution in [1.29, 1.82) is 5.26 Å². The minimum absolute atomic E-state index is 0.00664. The summed E-state index contributed by atoms with van der Waals surface area (Å²) in [7, 11) is 2.68. The molecule has 0 N–H and O–H groups in total. The number of benzene rings is 1. The van der Waals surface area contributed by atoms with E-state index in [1.54, 1.807) is 4.57 Å². The normalized spacial score (nSPS) is 13.5. The molecule has 1 saturated carbocycles. The molecule has 3 rings (SSSR count). The maximum Gasteiger partial charge on any atom is 0.259 e. The van der Waals surface area contributed by atoms with E-state index in [1.165, 1.54) is 25.3 Å². The van der Waals surface area contributed by atoms with E-state index >= 15 is 0 Å². The second kappa shape index (κ2) is 6.75. The highest BCUT2D eigenvalue weighted by Crippen LogP contribution is 2.40. The summed E-state index contributed by atoms with van der Waals surface area (Å²) < 4.78 is 34.7. The first-order valence-electron chi connectivity index (χ1n) is 8.14. The standard InChI is InChI=1S/C18H17F2N3O3/c1-22(7-3-6-21)18(25)12-9-23(10-4-5-10)15-11(16(12)24)8-13(19)14(20)17(15)26-2/h8-10H,3-5,7H2,1-2H3. The van der Waals surface area contributed by atoms with Gasteiger partial charge in [-0.2, -0.15) is 9.65 Å². The maximum atomic E-state index is 14.1. The van der Waals surface area contributed by atoms with Gasteiger partial charge in [0.05, 0.1) is 30.5 Å². The van der Waals surface area contributed by atoms with E-state index in [9.17, 15) is 18.4 Å². The smallest absolute Gasteiger partial charge is 0.259 e. The Labute approximate surface area is 148 Å². The van der Waals surface area contributed by atoms with Crippen LogP contribution in [0.1, 0.15) is 35.7 Å². The van der Waals surface area contributed by atoms with Gasteiger partial charge in [-0.3, -0.25) is 9.59 Å². The number of carbonyl (C=O) groups excluding carboxylic acids is 1. The first-order valence-corrected chi connectivity index (χ1v) is 8.14. The van der Waals surface area contributed by atoms with Crippen molar-refractivity contribution >= 4 is 16.8 Å². The van der Waals surface area contributed by atoms with E-state index in [2.05, 4.69) is 0 Å². The van der Waals surface area contributed by atoms with Gasteiger partial charge in [0.25, 0.3) is 5.91 Å². The van der Waals surface area contributed by atoms with Crippen LogP contribution in [-0.4, -0.2) is 36.1 Å². The number of aromatic nitrogens is 1. The average Bonchev–Trinajstić information content (AvgIpc) is 3.46. The van der Waals surface area contributed by atoms with E-state index < -0.39 is 23.0 Å². The van der Waals surface area contributed by atoms with Gasteiger partial charge < -0.3 is 14.2 Å². The lowest BCUT2D eigenvalue weighted by atomic mass is 10.1. The molecule has 1 aromatic heterocycles. The predicted molar refractivity (Wildman–Crippen MR) is 90.1 cm³/mol. The number of nitrogens with zero attached hydrogens (tertiary/aromatic N) is 3. The quantitative estimate of drug-likeness (QED) is 0.820. The highest BCUT2D eigenvalue weighted by Gasteiger charge is 2.30. The molecule has 1 aliphatic carbocycles. The van der Waals surface area contributed by atoms with Crippen LogP contribution >= 0.6 is 0 Å². The molecule has 0 spiro atoms. The summed E-state index contributed by atoms with van der Waals surface area (Å²) in [6.45, 7) is 0.164. The van der Waals surface area contributed by atoms with Gasteiger partial charge in [0.15, 0.2) is 11.6 Å². The highest BCUT2D eigenvalue weighted by molar-refractivity contribution is 5.98. The van der Waals surface area contributed by atoms with Crippen LogP contribution in [0.15, 0.2) is 17.1 Å². The minimum Gasteiger partial charge on any atom is -0.491 e. The molecular weight excluding hydrogens is 344 g/mol. The number of hydrogen-bond acceptors (Lipinski definition) is 4. The zero-order chi connectivity index (χ0) is 19.0. The molecule has 1 aromatic carbocycles. The molecule has 0 saturated heterocycles. The Morgan fingerprint density at radius 2 is 2.15 bits per heavy atom. The van der Waals surface area contributed by atoms with E-state index in [4.69, 9.17) is 10.00 Å². The first kappa shape index (κ1) is 17.9. The minimum atomic E-state index is -1.21. The molecule has 0 bridgehead atoms. The van der Waals surface area contributed by atoms with Crippen molar-refractivity contribution < 1.29 is 18.3 Å². The van der Waals surface area contributed by atoms with Gasteiger partial charge in [-0.15, -0.1) is 0 Å². The third kappa shape index (κ3) is 2.90. The molecule has 136 valence electrons. The summed E-state index contributed by atoms with van der Waals surface area (Å²) >= 11 is 0. The second-order valence-corrected chi connectivity index (χ2v) is 6.25. The molecular formula is C18H17F2N3O3. The second-order valence-electron chi connectivity index (χ2n) is 6.25. The number of amides is 1. The summed E-state index contributed by atoms with van der Waals surface area (Å²) in [6, 6.07) is 2.73. The lowest BCUT2D eigenvalue weighted by Crippen LogP contribution is -2.32. The molecule has 1 aliphatic rings. The molecule has 0 atom stereocenters. The van der Waals surface area contributed by atoms with Gasteiger partial charge in [0.2, 0.25) is 11.2 Å². The number of fused-ring (bicyclic) bond motifs is 1. The molecule has 0 radical (unpaired) electrons. The fraction of sp³-hybridized carbons (Fsp3) is 0.389. The fourth-order valence-corrected chi connectivity index (χ4v) is 2.93. The lowest BCUT2D eigenvalue weighted by Gasteiger charge is -2.19. The van der Waals surface area contributed by atoms with Crippen LogP contribution in [0, 0.1) is 23.0 Å². The van der Waals surface area contributed by atoms with Crippen LogP contribution in [0.4, 0.5) is 8.78 Å². The van der Waals surface area contributed by atoms with Gasteiger partial charge in [-0.05, 0) is 18.9 Å². The van der Waals surface area contributed by atoms with Crippen molar-refractivity contribution in [2.45, 2.75) is 25.3 Å². The van der Waals surface area contributed by atoms with Gasteiger partial charge in [-0.1, -0.05) is 0 Å². The summed E-state index contributed by atoms with van der Waals surface area (Å²) in [5.74, 6) is -3.29. The summed E-state index contributed by atoms with van der Waals surface area (Å²) in [5.41, 5.74) is -0.684. The van der Waals surface area contributed by atoms with E-state index in [0.717, 1.165) is 18.9 Å². The van der Waals surface area contributed by atoms with E-state index in [1.807, 2.05) is 6.07 Å². The molecule has 6 nitrogen and oxygen atoms in total.